The van der Waals surface area contributed by atoms with Crippen LogP contribution in [0, 0.1) is 6.92 Å². The number of benzene rings is 1. The second kappa shape index (κ2) is 5.74. The summed E-state index contributed by atoms with van der Waals surface area (Å²) < 4.78 is 25.0. The van der Waals surface area contributed by atoms with E-state index < -0.39 is 5.92 Å². The standard InChI is InChI=1S/C10H12F2.C2H6/c1-8-3-5-9(6-4-8)7-10(2,11)12;1-2/h3-6H,7H2,1-2H3;1-2H3. The quantitative estimate of drug-likeness (QED) is 0.670. The van der Waals surface area contributed by atoms with Gasteiger partial charge in [-0.2, -0.15) is 0 Å². The normalized spacial score (nSPS) is 10.4. The minimum Gasteiger partial charge on any atom is -0.207 e. The zero-order valence-electron chi connectivity index (χ0n) is 9.27. The summed E-state index contributed by atoms with van der Waals surface area (Å²) in [4.78, 5) is 0. The van der Waals surface area contributed by atoms with Crippen molar-refractivity contribution in [3.8, 4) is 0 Å². The van der Waals surface area contributed by atoms with Gasteiger partial charge in [0.25, 0.3) is 0 Å². The van der Waals surface area contributed by atoms with E-state index in [0.717, 1.165) is 12.5 Å². The molecule has 0 fully saturated rings. The molecule has 1 rings (SSSR count). The van der Waals surface area contributed by atoms with Crippen LogP contribution >= 0.6 is 0 Å². The molecule has 0 aromatic heterocycles. The van der Waals surface area contributed by atoms with Gasteiger partial charge in [0.2, 0.25) is 5.92 Å². The average molecular weight is 200 g/mol. The molecule has 0 amide bonds. The molecular formula is C12H18F2. The van der Waals surface area contributed by atoms with E-state index in [2.05, 4.69) is 0 Å². The lowest BCUT2D eigenvalue weighted by atomic mass is 10.1. The van der Waals surface area contributed by atoms with Crippen LogP contribution in [0.1, 0.15) is 31.9 Å². The van der Waals surface area contributed by atoms with E-state index in [0.29, 0.717) is 5.56 Å². The SMILES string of the molecule is CC.Cc1ccc(CC(C)(F)F)cc1. The third-order valence-corrected chi connectivity index (χ3v) is 1.64. The van der Waals surface area contributed by atoms with Crippen LogP contribution < -0.4 is 0 Å². The summed E-state index contributed by atoms with van der Waals surface area (Å²) in [6, 6.07) is 7.18. The van der Waals surface area contributed by atoms with Gasteiger partial charge in [0, 0.05) is 6.42 Å². The third kappa shape index (κ3) is 5.68. The predicted molar refractivity (Wildman–Crippen MR) is 56.9 cm³/mol. The Balaban J connectivity index is 0.000000791. The Labute approximate surface area is 85.0 Å². The molecule has 0 heterocycles. The zero-order valence-corrected chi connectivity index (χ0v) is 9.27. The number of hydrogen-bond acceptors (Lipinski definition) is 0. The van der Waals surface area contributed by atoms with Crippen molar-refractivity contribution in [2.75, 3.05) is 0 Å². The Morgan fingerprint density at radius 2 is 1.50 bits per heavy atom. The Bertz CT molecular complexity index is 244. The number of alkyl halides is 2. The van der Waals surface area contributed by atoms with E-state index in [1.807, 2.05) is 32.9 Å². The van der Waals surface area contributed by atoms with Crippen molar-refractivity contribution >= 4 is 0 Å². The smallest absolute Gasteiger partial charge is 0.207 e. The van der Waals surface area contributed by atoms with Crippen LogP contribution in [0.3, 0.4) is 0 Å². The molecule has 0 bridgehead atoms. The molecule has 0 spiro atoms. The van der Waals surface area contributed by atoms with Gasteiger partial charge >= 0.3 is 0 Å². The monoisotopic (exact) mass is 200 g/mol. The van der Waals surface area contributed by atoms with Gasteiger partial charge < -0.3 is 0 Å². The van der Waals surface area contributed by atoms with Crippen molar-refractivity contribution in [3.05, 3.63) is 35.4 Å². The van der Waals surface area contributed by atoms with E-state index in [1.165, 1.54) is 0 Å². The fourth-order valence-corrected chi connectivity index (χ4v) is 1.06. The van der Waals surface area contributed by atoms with Crippen molar-refractivity contribution in [3.63, 3.8) is 0 Å². The number of rotatable bonds is 2. The van der Waals surface area contributed by atoms with Crippen LogP contribution in [0.15, 0.2) is 24.3 Å². The van der Waals surface area contributed by atoms with Gasteiger partial charge in [0.05, 0.1) is 0 Å². The lowest BCUT2D eigenvalue weighted by Gasteiger charge is -2.09. The van der Waals surface area contributed by atoms with E-state index in [9.17, 15) is 8.78 Å². The van der Waals surface area contributed by atoms with E-state index in [4.69, 9.17) is 0 Å². The molecule has 0 nitrogen and oxygen atoms in total. The molecule has 0 radical (unpaired) electrons. The molecule has 2 heteroatoms. The van der Waals surface area contributed by atoms with Crippen molar-refractivity contribution in [2.45, 2.75) is 40.0 Å². The fraction of sp³-hybridized carbons (Fsp3) is 0.500. The Hall–Kier alpha value is -0.920. The highest BCUT2D eigenvalue weighted by Gasteiger charge is 2.20. The molecule has 0 atom stereocenters. The number of halogens is 2. The van der Waals surface area contributed by atoms with E-state index in [1.54, 1.807) is 12.1 Å². The largest absolute Gasteiger partial charge is 0.249 e. The molecule has 0 saturated carbocycles. The average Bonchev–Trinajstić information content (AvgIpc) is 2.10. The van der Waals surface area contributed by atoms with E-state index in [-0.39, 0.29) is 6.42 Å². The Kier molecular flexibility index (Phi) is 5.36. The van der Waals surface area contributed by atoms with Crippen LogP contribution in [0.25, 0.3) is 0 Å². The summed E-state index contributed by atoms with van der Waals surface area (Å²) in [5.41, 5.74) is 1.78. The molecule has 1 aromatic carbocycles. The summed E-state index contributed by atoms with van der Waals surface area (Å²) in [5.74, 6) is -2.60. The fourth-order valence-electron chi connectivity index (χ4n) is 1.06. The maximum absolute atomic E-state index is 12.5. The highest BCUT2D eigenvalue weighted by Crippen LogP contribution is 2.18. The summed E-state index contributed by atoms with van der Waals surface area (Å²) in [6.07, 6.45) is -0.173. The molecule has 0 aliphatic carbocycles. The molecule has 0 N–H and O–H groups in total. The van der Waals surface area contributed by atoms with Crippen molar-refractivity contribution in [1.29, 1.82) is 0 Å². The molecular weight excluding hydrogens is 182 g/mol. The van der Waals surface area contributed by atoms with Crippen molar-refractivity contribution < 1.29 is 8.78 Å². The summed E-state index contributed by atoms with van der Waals surface area (Å²) in [5, 5.41) is 0. The first-order valence-corrected chi connectivity index (χ1v) is 4.91. The van der Waals surface area contributed by atoms with Crippen LogP contribution in [0.2, 0.25) is 0 Å². The van der Waals surface area contributed by atoms with Crippen molar-refractivity contribution in [2.24, 2.45) is 0 Å². The first kappa shape index (κ1) is 13.1. The molecule has 0 aliphatic heterocycles. The first-order valence-electron chi connectivity index (χ1n) is 4.91. The molecule has 0 unspecified atom stereocenters. The van der Waals surface area contributed by atoms with Gasteiger partial charge in [-0.15, -0.1) is 0 Å². The van der Waals surface area contributed by atoms with Gasteiger partial charge in [-0.1, -0.05) is 43.7 Å². The van der Waals surface area contributed by atoms with Crippen LogP contribution in [-0.4, -0.2) is 5.92 Å². The molecule has 0 saturated heterocycles. The maximum Gasteiger partial charge on any atom is 0.249 e. The van der Waals surface area contributed by atoms with Crippen LogP contribution in [0.5, 0.6) is 0 Å². The predicted octanol–water partition coefficient (Wildman–Crippen LogP) is 4.22. The third-order valence-electron chi connectivity index (χ3n) is 1.64. The van der Waals surface area contributed by atoms with Gasteiger partial charge in [-0.25, -0.2) is 8.78 Å². The highest BCUT2D eigenvalue weighted by molar-refractivity contribution is 5.22. The summed E-state index contributed by atoms with van der Waals surface area (Å²) in [6.45, 7) is 6.88. The molecule has 80 valence electrons. The van der Waals surface area contributed by atoms with Crippen molar-refractivity contribution in [1.82, 2.24) is 0 Å². The Morgan fingerprint density at radius 1 is 1.07 bits per heavy atom. The topological polar surface area (TPSA) is 0 Å². The van der Waals surface area contributed by atoms with E-state index >= 15 is 0 Å². The van der Waals surface area contributed by atoms with Crippen LogP contribution in [0.4, 0.5) is 8.78 Å². The highest BCUT2D eigenvalue weighted by atomic mass is 19.3. The van der Waals surface area contributed by atoms with Crippen LogP contribution in [-0.2, 0) is 6.42 Å². The maximum atomic E-state index is 12.5. The second-order valence-corrected chi connectivity index (χ2v) is 3.23. The van der Waals surface area contributed by atoms with Gasteiger partial charge in [0.15, 0.2) is 0 Å². The molecule has 1 aromatic rings. The zero-order chi connectivity index (χ0) is 11.2. The lowest BCUT2D eigenvalue weighted by Crippen LogP contribution is -2.13. The summed E-state index contributed by atoms with van der Waals surface area (Å²) >= 11 is 0. The van der Waals surface area contributed by atoms with Gasteiger partial charge in [-0.3, -0.25) is 0 Å². The van der Waals surface area contributed by atoms with Gasteiger partial charge in [0.1, 0.15) is 0 Å². The lowest BCUT2D eigenvalue weighted by molar-refractivity contribution is 0.0226. The molecule has 0 aliphatic rings. The van der Waals surface area contributed by atoms with Gasteiger partial charge in [-0.05, 0) is 19.4 Å². The minimum atomic E-state index is -2.60. The first-order chi connectivity index (χ1) is 6.47. The minimum absolute atomic E-state index is 0.173. The second-order valence-electron chi connectivity index (χ2n) is 3.23. The number of hydrogen-bond donors (Lipinski definition) is 0. The number of aryl methyl sites for hydroxylation is 1. The Morgan fingerprint density at radius 3 is 1.86 bits per heavy atom. The molecule has 14 heavy (non-hydrogen) atoms. The summed E-state index contributed by atoms with van der Waals surface area (Å²) in [7, 11) is 0.